The van der Waals surface area contributed by atoms with Crippen LogP contribution in [0.4, 0.5) is 13.2 Å². The highest BCUT2D eigenvalue weighted by atomic mass is 79.9. The summed E-state index contributed by atoms with van der Waals surface area (Å²) in [6.45, 7) is 0. The Hall–Kier alpha value is -2.33. The third kappa shape index (κ3) is 3.61. The SMILES string of the molecule is O=c1cc(C(F)(F)F)c2ccc(OS(=O)(=O)c3ccccc3Br)cc2o1. The van der Waals surface area contributed by atoms with E-state index in [4.69, 9.17) is 8.60 Å². The maximum atomic E-state index is 13.0. The van der Waals surface area contributed by atoms with Crippen molar-refractivity contribution in [2.24, 2.45) is 0 Å². The second kappa shape index (κ2) is 6.44. The van der Waals surface area contributed by atoms with Gasteiger partial charge in [-0.3, -0.25) is 0 Å². The van der Waals surface area contributed by atoms with Gasteiger partial charge in [-0.15, -0.1) is 0 Å². The molecule has 0 saturated carbocycles. The van der Waals surface area contributed by atoms with Crippen LogP contribution in [-0.4, -0.2) is 8.42 Å². The van der Waals surface area contributed by atoms with Crippen LogP contribution in [0.1, 0.15) is 5.56 Å². The van der Waals surface area contributed by atoms with Gasteiger partial charge < -0.3 is 8.60 Å². The highest BCUT2D eigenvalue weighted by Crippen LogP contribution is 2.35. The standard InChI is InChI=1S/C16H8BrF3O5S/c17-12-3-1-2-4-14(12)26(22,23)25-9-5-6-10-11(16(18,19)20)8-15(21)24-13(10)7-9/h1-8H. The molecule has 0 aliphatic carbocycles. The third-order valence-corrected chi connectivity index (χ3v) is 5.59. The molecule has 0 spiro atoms. The summed E-state index contributed by atoms with van der Waals surface area (Å²) >= 11 is 3.08. The first-order valence-electron chi connectivity index (χ1n) is 6.92. The lowest BCUT2D eigenvalue weighted by molar-refractivity contribution is -0.136. The molecule has 5 nitrogen and oxygen atoms in total. The molecule has 26 heavy (non-hydrogen) atoms. The van der Waals surface area contributed by atoms with Crippen LogP contribution in [-0.2, 0) is 16.3 Å². The van der Waals surface area contributed by atoms with Gasteiger partial charge in [0.25, 0.3) is 0 Å². The highest BCUT2D eigenvalue weighted by molar-refractivity contribution is 9.10. The number of hydrogen-bond donors (Lipinski definition) is 0. The van der Waals surface area contributed by atoms with Crippen molar-refractivity contribution in [2.75, 3.05) is 0 Å². The fraction of sp³-hybridized carbons (Fsp3) is 0.0625. The summed E-state index contributed by atoms with van der Waals surface area (Å²) in [5.41, 5.74) is -2.83. The molecule has 10 heteroatoms. The van der Waals surface area contributed by atoms with Gasteiger partial charge in [0.05, 0.1) is 5.56 Å². The zero-order chi connectivity index (χ0) is 19.1. The fourth-order valence-electron chi connectivity index (χ4n) is 2.25. The summed E-state index contributed by atoms with van der Waals surface area (Å²) in [4.78, 5) is 11.2. The lowest BCUT2D eigenvalue weighted by Crippen LogP contribution is -2.12. The van der Waals surface area contributed by atoms with Gasteiger partial charge in [-0.05, 0) is 40.2 Å². The van der Waals surface area contributed by atoms with Crippen molar-refractivity contribution in [3.63, 3.8) is 0 Å². The topological polar surface area (TPSA) is 73.6 Å². The van der Waals surface area contributed by atoms with Gasteiger partial charge in [0, 0.05) is 22.0 Å². The van der Waals surface area contributed by atoms with E-state index in [9.17, 15) is 26.4 Å². The Bertz CT molecular complexity index is 1150. The normalized spacial score (nSPS) is 12.3. The second-order valence-corrected chi connectivity index (χ2v) is 7.47. The fourth-order valence-corrected chi connectivity index (χ4v) is 4.13. The van der Waals surface area contributed by atoms with Crippen LogP contribution in [0.25, 0.3) is 11.0 Å². The van der Waals surface area contributed by atoms with Crippen molar-refractivity contribution < 1.29 is 30.2 Å². The molecule has 136 valence electrons. The first-order chi connectivity index (χ1) is 12.1. The van der Waals surface area contributed by atoms with Crippen molar-refractivity contribution in [2.45, 2.75) is 11.1 Å². The number of hydrogen-bond acceptors (Lipinski definition) is 5. The molecular formula is C16H8BrF3O5S. The molecule has 0 aliphatic rings. The van der Waals surface area contributed by atoms with E-state index in [2.05, 4.69) is 15.9 Å². The summed E-state index contributed by atoms with van der Waals surface area (Å²) < 4.78 is 73.7. The molecular weight excluding hydrogens is 441 g/mol. The molecule has 0 fully saturated rings. The van der Waals surface area contributed by atoms with Crippen molar-refractivity contribution in [3.05, 3.63) is 69.0 Å². The number of halogens is 4. The molecule has 0 radical (unpaired) electrons. The molecule has 1 aromatic heterocycles. The van der Waals surface area contributed by atoms with Gasteiger partial charge >= 0.3 is 21.9 Å². The van der Waals surface area contributed by atoms with Crippen LogP contribution in [0.15, 0.2) is 67.1 Å². The quantitative estimate of drug-likeness (QED) is 0.440. The van der Waals surface area contributed by atoms with Gasteiger partial charge in [-0.1, -0.05) is 12.1 Å². The van der Waals surface area contributed by atoms with E-state index < -0.39 is 33.1 Å². The summed E-state index contributed by atoms with van der Waals surface area (Å²) in [6, 6.07) is 9.15. The number of fused-ring (bicyclic) bond motifs is 1. The molecule has 0 aliphatic heterocycles. The summed E-state index contributed by atoms with van der Waals surface area (Å²) in [6.07, 6.45) is -4.77. The first kappa shape index (κ1) is 18.5. The number of alkyl halides is 3. The van der Waals surface area contributed by atoms with E-state index in [0.29, 0.717) is 6.07 Å². The third-order valence-electron chi connectivity index (χ3n) is 3.33. The van der Waals surface area contributed by atoms with Gasteiger partial charge in [0.1, 0.15) is 16.2 Å². The molecule has 0 saturated heterocycles. The Morgan fingerprint density at radius 2 is 1.73 bits per heavy atom. The molecule has 1 heterocycles. The Morgan fingerprint density at radius 3 is 2.38 bits per heavy atom. The summed E-state index contributed by atoms with van der Waals surface area (Å²) in [7, 11) is -4.25. The van der Waals surface area contributed by atoms with E-state index in [-0.39, 0.29) is 20.5 Å². The minimum Gasteiger partial charge on any atom is -0.423 e. The van der Waals surface area contributed by atoms with E-state index >= 15 is 0 Å². The predicted octanol–water partition coefficient (Wildman–Crippen LogP) is 4.34. The summed E-state index contributed by atoms with van der Waals surface area (Å²) in [5.74, 6) is -0.296. The maximum Gasteiger partial charge on any atom is 0.417 e. The smallest absolute Gasteiger partial charge is 0.417 e. The van der Waals surface area contributed by atoms with Crippen molar-refractivity contribution >= 4 is 37.0 Å². The lowest BCUT2D eigenvalue weighted by Gasteiger charge is -2.11. The average molecular weight is 449 g/mol. The molecule has 3 aromatic rings. The van der Waals surface area contributed by atoms with E-state index in [1.54, 1.807) is 6.07 Å². The monoisotopic (exact) mass is 448 g/mol. The second-order valence-electron chi connectivity index (χ2n) is 5.10. The van der Waals surface area contributed by atoms with Crippen molar-refractivity contribution in [3.8, 4) is 5.75 Å². The van der Waals surface area contributed by atoms with Gasteiger partial charge in [-0.2, -0.15) is 21.6 Å². The van der Waals surface area contributed by atoms with Gasteiger partial charge in [0.2, 0.25) is 0 Å². The van der Waals surface area contributed by atoms with Crippen molar-refractivity contribution in [1.29, 1.82) is 0 Å². The van der Waals surface area contributed by atoms with Crippen LogP contribution >= 0.6 is 15.9 Å². The Balaban J connectivity index is 2.08. The van der Waals surface area contributed by atoms with Crippen LogP contribution in [0, 0.1) is 0 Å². The lowest BCUT2D eigenvalue weighted by atomic mass is 10.1. The molecule has 0 amide bonds. The molecule has 0 N–H and O–H groups in total. The van der Waals surface area contributed by atoms with E-state index in [0.717, 1.165) is 18.2 Å². The minimum atomic E-state index is -4.77. The molecule has 0 unspecified atom stereocenters. The Morgan fingerprint density at radius 1 is 1.04 bits per heavy atom. The predicted molar refractivity (Wildman–Crippen MR) is 89.4 cm³/mol. The zero-order valence-electron chi connectivity index (χ0n) is 12.6. The molecule has 0 atom stereocenters. The van der Waals surface area contributed by atoms with Crippen molar-refractivity contribution in [1.82, 2.24) is 0 Å². The van der Waals surface area contributed by atoms with Crippen LogP contribution in [0.5, 0.6) is 5.75 Å². The largest absolute Gasteiger partial charge is 0.423 e. The highest BCUT2D eigenvalue weighted by Gasteiger charge is 2.34. The molecule has 3 rings (SSSR count). The average Bonchev–Trinajstić information content (AvgIpc) is 2.52. The first-order valence-corrected chi connectivity index (χ1v) is 9.12. The maximum absolute atomic E-state index is 13.0. The van der Waals surface area contributed by atoms with Crippen LogP contribution < -0.4 is 9.81 Å². The number of benzene rings is 2. The minimum absolute atomic E-state index is 0.161. The molecule has 0 bridgehead atoms. The summed E-state index contributed by atoms with van der Waals surface area (Å²) in [5, 5.41) is -0.386. The molecule has 2 aromatic carbocycles. The van der Waals surface area contributed by atoms with Crippen LogP contribution in [0.3, 0.4) is 0 Å². The Kier molecular flexibility index (Phi) is 4.57. The van der Waals surface area contributed by atoms with Gasteiger partial charge in [0.15, 0.2) is 0 Å². The number of rotatable bonds is 3. The van der Waals surface area contributed by atoms with E-state index in [1.165, 1.54) is 18.2 Å². The van der Waals surface area contributed by atoms with Crippen LogP contribution in [0.2, 0.25) is 0 Å². The van der Waals surface area contributed by atoms with E-state index in [1.807, 2.05) is 0 Å². The zero-order valence-corrected chi connectivity index (χ0v) is 15.0. The van der Waals surface area contributed by atoms with Gasteiger partial charge in [-0.25, -0.2) is 4.79 Å². The Labute approximate surface area is 153 Å².